The topological polar surface area (TPSA) is 95.2 Å². The molecule has 1 aliphatic rings. The van der Waals surface area contributed by atoms with Crippen molar-refractivity contribution in [3.05, 3.63) is 63.7 Å². The number of benzene rings is 2. The van der Waals surface area contributed by atoms with E-state index in [2.05, 4.69) is 15.3 Å². The van der Waals surface area contributed by atoms with Gasteiger partial charge in [0, 0.05) is 22.4 Å². The standard InChI is InChI=1S/C22H21ClN4O3S/c1-12(2)27(11-19-24-15-6-4-3-5-14(15)21(29)26-19)20(28)10-18-22(30)25-16-9-13(23)7-8-17(16)31-18/h3-9,12,18H,10-11H2,1-2H3,(H,25,30)(H,24,26,29). The molecule has 1 aliphatic heterocycles. The number of hydrogen-bond acceptors (Lipinski definition) is 5. The van der Waals surface area contributed by atoms with E-state index in [1.54, 1.807) is 35.2 Å². The number of rotatable bonds is 5. The predicted molar refractivity (Wildman–Crippen MR) is 122 cm³/mol. The molecular formula is C22H21ClN4O3S. The lowest BCUT2D eigenvalue weighted by Gasteiger charge is -2.29. The van der Waals surface area contributed by atoms with Crippen molar-refractivity contribution in [1.29, 1.82) is 0 Å². The largest absolute Gasteiger partial charge is 0.333 e. The summed E-state index contributed by atoms with van der Waals surface area (Å²) in [5, 5.41) is 3.32. The van der Waals surface area contributed by atoms with E-state index in [1.807, 2.05) is 26.0 Å². The van der Waals surface area contributed by atoms with Crippen LogP contribution in [-0.2, 0) is 16.1 Å². The summed E-state index contributed by atoms with van der Waals surface area (Å²) in [4.78, 5) is 47.8. The van der Waals surface area contributed by atoms with Gasteiger partial charge in [0.1, 0.15) is 5.82 Å². The minimum Gasteiger partial charge on any atom is -0.333 e. The third-order valence-corrected chi connectivity index (χ3v) is 6.56. The zero-order valence-corrected chi connectivity index (χ0v) is 18.6. The van der Waals surface area contributed by atoms with Gasteiger partial charge < -0.3 is 15.2 Å². The molecule has 7 nitrogen and oxygen atoms in total. The number of hydrogen-bond donors (Lipinski definition) is 2. The fourth-order valence-corrected chi connectivity index (χ4v) is 4.72. The minimum absolute atomic E-state index is 0.0363. The molecule has 31 heavy (non-hydrogen) atoms. The molecule has 3 aromatic rings. The first kappa shape index (κ1) is 21.4. The van der Waals surface area contributed by atoms with E-state index in [4.69, 9.17) is 11.6 Å². The molecule has 0 saturated heterocycles. The van der Waals surface area contributed by atoms with Crippen molar-refractivity contribution in [2.75, 3.05) is 5.32 Å². The van der Waals surface area contributed by atoms with Crippen molar-refractivity contribution in [3.8, 4) is 0 Å². The van der Waals surface area contributed by atoms with Gasteiger partial charge in [0.15, 0.2) is 0 Å². The number of halogens is 1. The van der Waals surface area contributed by atoms with Gasteiger partial charge in [0.05, 0.1) is 28.4 Å². The Balaban J connectivity index is 1.52. The van der Waals surface area contributed by atoms with Crippen LogP contribution in [0.15, 0.2) is 52.2 Å². The Labute approximate surface area is 188 Å². The number of amides is 2. The van der Waals surface area contributed by atoms with Gasteiger partial charge in [-0.3, -0.25) is 14.4 Å². The molecule has 1 unspecified atom stereocenters. The van der Waals surface area contributed by atoms with Crippen LogP contribution in [0.2, 0.25) is 5.02 Å². The SMILES string of the molecule is CC(C)N(Cc1nc2ccccc2c(=O)[nH]1)C(=O)CC1Sc2ccc(Cl)cc2NC1=O. The number of para-hydroxylation sites is 1. The predicted octanol–water partition coefficient (Wildman–Crippen LogP) is 3.82. The van der Waals surface area contributed by atoms with Crippen LogP contribution in [0, 0.1) is 0 Å². The zero-order valence-electron chi connectivity index (χ0n) is 17.0. The van der Waals surface area contributed by atoms with E-state index >= 15 is 0 Å². The third kappa shape index (κ3) is 4.60. The molecule has 0 fully saturated rings. The Morgan fingerprint density at radius 1 is 1.23 bits per heavy atom. The molecule has 1 aromatic heterocycles. The molecule has 0 bridgehead atoms. The van der Waals surface area contributed by atoms with Crippen LogP contribution in [0.1, 0.15) is 26.1 Å². The van der Waals surface area contributed by atoms with Crippen molar-refractivity contribution in [2.24, 2.45) is 0 Å². The number of nitrogens with one attached hydrogen (secondary N) is 2. The summed E-state index contributed by atoms with van der Waals surface area (Å²) < 4.78 is 0. The van der Waals surface area contributed by atoms with Crippen molar-refractivity contribution >= 4 is 51.8 Å². The second-order valence-electron chi connectivity index (χ2n) is 7.59. The smallest absolute Gasteiger partial charge is 0.258 e. The maximum Gasteiger partial charge on any atom is 0.258 e. The first-order chi connectivity index (χ1) is 14.8. The summed E-state index contributed by atoms with van der Waals surface area (Å²) in [7, 11) is 0. The average Bonchev–Trinajstić information content (AvgIpc) is 2.72. The van der Waals surface area contributed by atoms with Gasteiger partial charge in [-0.05, 0) is 44.2 Å². The Morgan fingerprint density at radius 2 is 2.00 bits per heavy atom. The molecule has 0 radical (unpaired) electrons. The minimum atomic E-state index is -0.550. The van der Waals surface area contributed by atoms with Crippen molar-refractivity contribution < 1.29 is 9.59 Å². The Bertz CT molecular complexity index is 1230. The normalized spacial score (nSPS) is 15.6. The van der Waals surface area contributed by atoms with Crippen LogP contribution in [0.25, 0.3) is 10.9 Å². The van der Waals surface area contributed by atoms with Gasteiger partial charge in [-0.15, -0.1) is 11.8 Å². The van der Waals surface area contributed by atoms with Crippen molar-refractivity contribution in [2.45, 2.75) is 43.0 Å². The van der Waals surface area contributed by atoms with Crippen molar-refractivity contribution in [1.82, 2.24) is 14.9 Å². The first-order valence-electron chi connectivity index (χ1n) is 9.86. The molecule has 2 amide bonds. The van der Waals surface area contributed by atoms with E-state index < -0.39 is 5.25 Å². The maximum absolute atomic E-state index is 13.1. The third-order valence-electron chi connectivity index (χ3n) is 5.05. The Morgan fingerprint density at radius 3 is 2.77 bits per heavy atom. The highest BCUT2D eigenvalue weighted by atomic mass is 35.5. The summed E-state index contributed by atoms with van der Waals surface area (Å²) in [5.41, 5.74) is 0.994. The summed E-state index contributed by atoms with van der Waals surface area (Å²) >= 11 is 7.34. The second kappa shape index (κ2) is 8.72. The van der Waals surface area contributed by atoms with Crippen molar-refractivity contribution in [3.63, 3.8) is 0 Å². The molecule has 1 atom stereocenters. The summed E-state index contributed by atoms with van der Waals surface area (Å²) in [6.45, 7) is 3.94. The number of fused-ring (bicyclic) bond motifs is 2. The van der Waals surface area contributed by atoms with E-state index in [-0.39, 0.29) is 36.4 Å². The van der Waals surface area contributed by atoms with Gasteiger partial charge in [0.25, 0.3) is 5.56 Å². The number of H-pyrrole nitrogens is 1. The molecule has 2 aromatic carbocycles. The average molecular weight is 457 g/mol. The van der Waals surface area contributed by atoms with E-state index in [0.29, 0.717) is 27.4 Å². The van der Waals surface area contributed by atoms with Crippen LogP contribution in [0.3, 0.4) is 0 Å². The van der Waals surface area contributed by atoms with Crippen LogP contribution >= 0.6 is 23.4 Å². The monoisotopic (exact) mass is 456 g/mol. The highest BCUT2D eigenvalue weighted by Crippen LogP contribution is 2.38. The maximum atomic E-state index is 13.1. The van der Waals surface area contributed by atoms with Crippen LogP contribution in [0.4, 0.5) is 5.69 Å². The fourth-order valence-electron chi connectivity index (χ4n) is 3.46. The summed E-state index contributed by atoms with van der Waals surface area (Å²) in [5.74, 6) is -0.00332. The van der Waals surface area contributed by atoms with Gasteiger partial charge >= 0.3 is 0 Å². The molecule has 0 saturated carbocycles. The molecule has 0 spiro atoms. The fraction of sp³-hybridized carbons (Fsp3) is 0.273. The highest BCUT2D eigenvalue weighted by molar-refractivity contribution is 8.01. The van der Waals surface area contributed by atoms with Crippen LogP contribution in [-0.4, -0.2) is 38.0 Å². The lowest BCUT2D eigenvalue weighted by atomic mass is 10.2. The highest BCUT2D eigenvalue weighted by Gasteiger charge is 2.31. The number of nitrogens with zero attached hydrogens (tertiary/aromatic N) is 2. The molecule has 4 rings (SSSR count). The Hall–Kier alpha value is -2.84. The van der Waals surface area contributed by atoms with Crippen LogP contribution < -0.4 is 10.9 Å². The number of thioether (sulfide) groups is 1. The molecule has 0 aliphatic carbocycles. The van der Waals surface area contributed by atoms with E-state index in [9.17, 15) is 14.4 Å². The molecule has 9 heteroatoms. The summed E-state index contributed by atoms with van der Waals surface area (Å²) in [6.07, 6.45) is 0.0363. The van der Waals surface area contributed by atoms with Crippen LogP contribution in [0.5, 0.6) is 0 Å². The second-order valence-corrected chi connectivity index (χ2v) is 9.27. The molecular weight excluding hydrogens is 436 g/mol. The van der Waals surface area contributed by atoms with Gasteiger partial charge in [-0.1, -0.05) is 23.7 Å². The quantitative estimate of drug-likeness (QED) is 0.608. The van der Waals surface area contributed by atoms with Gasteiger partial charge in [0.2, 0.25) is 11.8 Å². The number of anilines is 1. The number of carbonyl (C=O) groups is 2. The lowest BCUT2D eigenvalue weighted by molar-refractivity contribution is -0.135. The number of carbonyl (C=O) groups excluding carboxylic acids is 2. The molecule has 2 heterocycles. The number of aromatic nitrogens is 2. The zero-order chi connectivity index (χ0) is 22.1. The van der Waals surface area contributed by atoms with Gasteiger partial charge in [-0.2, -0.15) is 0 Å². The molecule has 160 valence electrons. The first-order valence-corrected chi connectivity index (χ1v) is 11.1. The lowest BCUT2D eigenvalue weighted by Crippen LogP contribution is -2.41. The Kier molecular flexibility index (Phi) is 6.02. The van der Waals surface area contributed by atoms with Gasteiger partial charge in [-0.25, -0.2) is 4.98 Å². The number of aromatic amines is 1. The molecule has 2 N–H and O–H groups in total. The van der Waals surface area contributed by atoms with E-state index in [1.165, 1.54) is 11.8 Å². The van der Waals surface area contributed by atoms with E-state index in [0.717, 1.165) is 4.90 Å². The summed E-state index contributed by atoms with van der Waals surface area (Å²) in [6, 6.07) is 12.2.